The highest BCUT2D eigenvalue weighted by Gasteiger charge is 2.22. The van der Waals surface area contributed by atoms with Crippen molar-refractivity contribution in [3.63, 3.8) is 0 Å². The van der Waals surface area contributed by atoms with Crippen molar-refractivity contribution in [1.82, 2.24) is 19.5 Å². The first kappa shape index (κ1) is 17.6. The third kappa shape index (κ3) is 2.96. The lowest BCUT2D eigenvalue weighted by Gasteiger charge is -2.30. The van der Waals surface area contributed by atoms with Crippen molar-refractivity contribution >= 4 is 34.2 Å². The van der Waals surface area contributed by atoms with Crippen molar-refractivity contribution in [2.45, 2.75) is 31.8 Å². The van der Waals surface area contributed by atoms with Gasteiger partial charge in [-0.25, -0.2) is 0 Å². The number of thioether (sulfide) groups is 1. The molecule has 8 heteroatoms. The smallest absolute Gasteiger partial charge is 0.233 e. The summed E-state index contributed by atoms with van der Waals surface area (Å²) in [4.78, 5) is 14.6. The number of carbonyl (C=O) groups excluding carboxylic acids is 1. The maximum absolute atomic E-state index is 12.6. The molecule has 2 aliphatic rings. The Kier molecular flexibility index (Phi) is 4.30. The van der Waals surface area contributed by atoms with Crippen LogP contribution in [0.5, 0.6) is 11.5 Å². The second kappa shape index (κ2) is 6.84. The van der Waals surface area contributed by atoms with Gasteiger partial charge in [-0.3, -0.25) is 9.20 Å². The molecular weight excluding hydrogens is 376 g/mol. The van der Waals surface area contributed by atoms with Gasteiger partial charge in [0.05, 0.1) is 11.3 Å². The SMILES string of the molecule is Cc1cc2cc3c(cc2n2c(SCC(=O)N4CCC(C)CC4)nnc12)OCO3. The number of aromatic nitrogens is 3. The van der Waals surface area contributed by atoms with Gasteiger partial charge in [0.15, 0.2) is 22.3 Å². The number of aryl methyl sites for hydroxylation is 1. The molecule has 7 nitrogen and oxygen atoms in total. The van der Waals surface area contributed by atoms with E-state index in [9.17, 15) is 4.79 Å². The summed E-state index contributed by atoms with van der Waals surface area (Å²) in [7, 11) is 0. The molecule has 0 spiro atoms. The second-order valence-electron chi connectivity index (χ2n) is 7.59. The molecule has 0 saturated carbocycles. The minimum absolute atomic E-state index is 0.170. The van der Waals surface area contributed by atoms with E-state index in [1.807, 2.05) is 28.4 Å². The molecule has 1 saturated heterocycles. The molecule has 1 aromatic carbocycles. The average Bonchev–Trinajstić information content (AvgIpc) is 3.32. The normalized spacial score (nSPS) is 17.0. The zero-order chi connectivity index (χ0) is 19.3. The van der Waals surface area contributed by atoms with E-state index in [1.165, 1.54) is 11.8 Å². The molecule has 0 radical (unpaired) electrons. The number of carbonyl (C=O) groups is 1. The molecule has 0 atom stereocenters. The van der Waals surface area contributed by atoms with Crippen LogP contribution in [0.25, 0.3) is 16.6 Å². The van der Waals surface area contributed by atoms with Gasteiger partial charge in [-0.15, -0.1) is 10.2 Å². The summed E-state index contributed by atoms with van der Waals surface area (Å²) in [6.45, 7) is 6.21. The first-order chi connectivity index (χ1) is 13.6. The first-order valence-electron chi connectivity index (χ1n) is 9.59. The van der Waals surface area contributed by atoms with Gasteiger partial charge in [-0.1, -0.05) is 18.7 Å². The molecule has 0 aliphatic carbocycles. The van der Waals surface area contributed by atoms with Crippen LogP contribution in [0, 0.1) is 12.8 Å². The van der Waals surface area contributed by atoms with E-state index >= 15 is 0 Å². The predicted molar refractivity (Wildman–Crippen MR) is 107 cm³/mol. The van der Waals surface area contributed by atoms with Crippen molar-refractivity contribution in [2.75, 3.05) is 25.6 Å². The molecule has 4 heterocycles. The van der Waals surface area contributed by atoms with Gasteiger partial charge in [0.1, 0.15) is 0 Å². The number of amides is 1. The molecule has 2 aromatic heterocycles. The Morgan fingerprint density at radius 3 is 2.71 bits per heavy atom. The van der Waals surface area contributed by atoms with Crippen LogP contribution in [0.2, 0.25) is 0 Å². The molecular formula is C20H22N4O3S. The number of hydrogen-bond acceptors (Lipinski definition) is 6. The van der Waals surface area contributed by atoms with Crippen molar-refractivity contribution in [1.29, 1.82) is 0 Å². The highest BCUT2D eigenvalue weighted by Crippen LogP contribution is 2.37. The maximum atomic E-state index is 12.6. The third-order valence-electron chi connectivity index (χ3n) is 5.58. The van der Waals surface area contributed by atoms with Crippen LogP contribution in [0.15, 0.2) is 23.4 Å². The van der Waals surface area contributed by atoms with Crippen molar-refractivity contribution in [2.24, 2.45) is 5.92 Å². The van der Waals surface area contributed by atoms with Crippen molar-refractivity contribution in [3.05, 3.63) is 23.8 Å². The fourth-order valence-corrected chi connectivity index (χ4v) is 4.71. The number of fused-ring (bicyclic) bond motifs is 4. The lowest BCUT2D eigenvalue weighted by atomic mass is 9.99. The number of hydrogen-bond donors (Lipinski definition) is 0. The molecule has 146 valence electrons. The minimum atomic E-state index is 0.170. The molecule has 1 fully saturated rings. The van der Waals surface area contributed by atoms with Crippen LogP contribution in [-0.4, -0.2) is 51.0 Å². The lowest BCUT2D eigenvalue weighted by Crippen LogP contribution is -2.38. The van der Waals surface area contributed by atoms with E-state index in [2.05, 4.69) is 23.2 Å². The molecule has 28 heavy (non-hydrogen) atoms. The van der Waals surface area contributed by atoms with Crippen LogP contribution >= 0.6 is 11.8 Å². The molecule has 2 aliphatic heterocycles. The highest BCUT2D eigenvalue weighted by molar-refractivity contribution is 7.99. The molecule has 0 bridgehead atoms. The van der Waals surface area contributed by atoms with Crippen molar-refractivity contribution < 1.29 is 14.3 Å². The number of ether oxygens (including phenoxy) is 2. The number of piperidine rings is 1. The quantitative estimate of drug-likeness (QED) is 0.631. The van der Waals surface area contributed by atoms with E-state index in [-0.39, 0.29) is 12.7 Å². The zero-order valence-corrected chi connectivity index (χ0v) is 16.8. The van der Waals surface area contributed by atoms with E-state index in [1.54, 1.807) is 0 Å². The second-order valence-corrected chi connectivity index (χ2v) is 8.53. The summed E-state index contributed by atoms with van der Waals surface area (Å²) >= 11 is 1.44. The summed E-state index contributed by atoms with van der Waals surface area (Å²) in [6.07, 6.45) is 2.17. The van der Waals surface area contributed by atoms with Gasteiger partial charge in [0.2, 0.25) is 12.7 Å². The Labute approximate surface area is 167 Å². The average molecular weight is 398 g/mol. The van der Waals surface area contributed by atoms with Crippen LogP contribution in [0.3, 0.4) is 0 Å². The van der Waals surface area contributed by atoms with Gasteiger partial charge >= 0.3 is 0 Å². The summed E-state index contributed by atoms with van der Waals surface area (Å²) in [5, 5.41) is 10.5. The van der Waals surface area contributed by atoms with E-state index in [0.29, 0.717) is 11.7 Å². The summed E-state index contributed by atoms with van der Waals surface area (Å²) < 4.78 is 13.1. The van der Waals surface area contributed by atoms with Gasteiger partial charge in [0.25, 0.3) is 0 Å². The van der Waals surface area contributed by atoms with Crippen LogP contribution < -0.4 is 9.47 Å². The standard InChI is InChI=1S/C20H22N4O3S/c1-12-3-5-23(6-4-12)18(25)10-28-20-22-21-19-13(2)7-14-8-16-17(27-11-26-16)9-15(14)24(19)20/h7-9,12H,3-6,10-11H2,1-2H3. The number of nitrogens with zero attached hydrogens (tertiary/aromatic N) is 4. The van der Waals surface area contributed by atoms with Crippen LogP contribution in [0.4, 0.5) is 0 Å². The van der Waals surface area contributed by atoms with Gasteiger partial charge in [0, 0.05) is 24.5 Å². The van der Waals surface area contributed by atoms with Gasteiger partial charge in [-0.05, 0) is 43.4 Å². The van der Waals surface area contributed by atoms with Crippen LogP contribution in [0.1, 0.15) is 25.3 Å². The van der Waals surface area contributed by atoms with E-state index in [0.717, 1.165) is 64.7 Å². The Morgan fingerprint density at radius 2 is 1.93 bits per heavy atom. The molecule has 5 rings (SSSR count). The lowest BCUT2D eigenvalue weighted by molar-refractivity contribution is -0.129. The Balaban J connectivity index is 1.46. The number of rotatable bonds is 3. The number of pyridine rings is 1. The fraction of sp³-hybridized carbons (Fsp3) is 0.450. The van der Waals surface area contributed by atoms with Crippen molar-refractivity contribution in [3.8, 4) is 11.5 Å². The molecule has 0 unspecified atom stereocenters. The summed E-state index contributed by atoms with van der Waals surface area (Å²) in [6, 6.07) is 6.03. The molecule has 0 N–H and O–H groups in total. The Bertz CT molecular complexity index is 1070. The monoisotopic (exact) mass is 398 g/mol. The first-order valence-corrected chi connectivity index (χ1v) is 10.6. The van der Waals surface area contributed by atoms with E-state index in [4.69, 9.17) is 9.47 Å². The third-order valence-corrected chi connectivity index (χ3v) is 6.50. The van der Waals surface area contributed by atoms with Crippen LogP contribution in [-0.2, 0) is 4.79 Å². The maximum Gasteiger partial charge on any atom is 0.233 e. The van der Waals surface area contributed by atoms with Gasteiger partial charge < -0.3 is 14.4 Å². The largest absolute Gasteiger partial charge is 0.454 e. The highest BCUT2D eigenvalue weighted by atomic mass is 32.2. The Morgan fingerprint density at radius 1 is 1.18 bits per heavy atom. The topological polar surface area (TPSA) is 69.0 Å². The number of likely N-dealkylation sites (tertiary alicyclic amines) is 1. The van der Waals surface area contributed by atoms with Gasteiger partial charge in [-0.2, -0.15) is 0 Å². The minimum Gasteiger partial charge on any atom is -0.454 e. The summed E-state index contributed by atoms with van der Waals surface area (Å²) in [5.41, 5.74) is 2.78. The molecule has 1 amide bonds. The number of benzene rings is 1. The Hall–Kier alpha value is -2.48. The molecule has 3 aromatic rings. The fourth-order valence-electron chi connectivity index (χ4n) is 3.87. The predicted octanol–water partition coefficient (Wildman–Crippen LogP) is 3.27. The summed E-state index contributed by atoms with van der Waals surface area (Å²) in [5.74, 6) is 2.72. The van der Waals surface area contributed by atoms with E-state index < -0.39 is 0 Å². The zero-order valence-electron chi connectivity index (χ0n) is 16.0.